The molecule has 0 aliphatic carbocycles. The third-order valence-electron chi connectivity index (χ3n) is 4.59. The van der Waals surface area contributed by atoms with Gasteiger partial charge in [0.15, 0.2) is 11.2 Å². The highest BCUT2D eigenvalue weighted by molar-refractivity contribution is 8.30. The largest absolute Gasteiger partial charge is 0.452 e. The lowest BCUT2D eigenvalue weighted by Crippen LogP contribution is -2.66. The van der Waals surface area contributed by atoms with Gasteiger partial charge in [0, 0.05) is 19.2 Å². The van der Waals surface area contributed by atoms with Gasteiger partial charge in [-0.15, -0.1) is 0 Å². The lowest BCUT2D eigenvalue weighted by atomic mass is 9.94. The Hall–Kier alpha value is -2.74. The SMILES string of the molecule is C[C@@](F)(Oc1cc(C(=O)NC2(CC(N)=O)C(=O)SC2=O)ncc1C1(F)COC1)C(F)F. The number of primary amides is 1. The van der Waals surface area contributed by atoms with Crippen molar-refractivity contribution < 1.29 is 46.2 Å². The van der Waals surface area contributed by atoms with E-state index in [1.807, 2.05) is 5.32 Å². The lowest BCUT2D eigenvalue weighted by molar-refractivity contribution is -0.160. The van der Waals surface area contributed by atoms with Gasteiger partial charge in [-0.05, 0) is 11.8 Å². The Bertz CT molecular complexity index is 955. The fourth-order valence-corrected chi connectivity index (χ4v) is 3.58. The van der Waals surface area contributed by atoms with Crippen molar-refractivity contribution in [1.29, 1.82) is 0 Å². The molecular weight excluding hydrogens is 450 g/mol. The van der Waals surface area contributed by atoms with Crippen molar-refractivity contribution >= 4 is 33.8 Å². The molecule has 0 bridgehead atoms. The summed E-state index contributed by atoms with van der Waals surface area (Å²) in [6.45, 7) is -0.541. The number of carbonyl (C=O) groups excluding carboxylic acids is 4. The molecule has 2 saturated heterocycles. The van der Waals surface area contributed by atoms with Gasteiger partial charge in [-0.25, -0.2) is 13.2 Å². The first kappa shape index (κ1) is 22.9. The zero-order valence-corrected chi connectivity index (χ0v) is 16.6. The molecule has 2 aliphatic rings. The number of nitrogens with two attached hydrogens (primary N) is 1. The molecule has 9 nitrogen and oxygen atoms in total. The summed E-state index contributed by atoms with van der Waals surface area (Å²) in [6, 6.07) is 0.684. The Morgan fingerprint density at radius 3 is 2.45 bits per heavy atom. The van der Waals surface area contributed by atoms with E-state index >= 15 is 0 Å². The molecule has 2 aliphatic heterocycles. The van der Waals surface area contributed by atoms with Crippen LogP contribution in [0.1, 0.15) is 29.4 Å². The van der Waals surface area contributed by atoms with Crippen LogP contribution in [0.3, 0.4) is 0 Å². The fraction of sp³-hybridized carbons (Fsp3) is 0.471. The number of nitrogens with zero attached hydrogens (tertiary/aromatic N) is 1. The van der Waals surface area contributed by atoms with E-state index in [0.29, 0.717) is 13.0 Å². The number of pyridine rings is 1. The van der Waals surface area contributed by atoms with Crippen LogP contribution in [0.15, 0.2) is 12.3 Å². The average molecular weight is 465 g/mol. The second-order valence-corrected chi connectivity index (χ2v) is 8.04. The van der Waals surface area contributed by atoms with Crippen molar-refractivity contribution in [3.63, 3.8) is 0 Å². The number of hydrogen-bond donors (Lipinski definition) is 2. The van der Waals surface area contributed by atoms with Gasteiger partial charge in [-0.2, -0.15) is 4.39 Å². The highest BCUT2D eigenvalue weighted by Crippen LogP contribution is 2.41. The van der Waals surface area contributed by atoms with E-state index in [1.54, 1.807) is 0 Å². The predicted molar refractivity (Wildman–Crippen MR) is 95.6 cm³/mol. The molecule has 1 aromatic heterocycles. The molecule has 168 valence electrons. The molecule has 2 amide bonds. The third-order valence-corrected chi connectivity index (χ3v) is 5.66. The minimum Gasteiger partial charge on any atom is -0.452 e. The summed E-state index contributed by atoms with van der Waals surface area (Å²) in [6.07, 6.45) is -3.65. The molecule has 3 rings (SSSR count). The maximum atomic E-state index is 14.8. The van der Waals surface area contributed by atoms with Crippen molar-refractivity contribution in [2.75, 3.05) is 13.2 Å². The first-order valence-electron chi connectivity index (χ1n) is 8.61. The van der Waals surface area contributed by atoms with Gasteiger partial charge in [0.2, 0.25) is 16.1 Å². The third kappa shape index (κ3) is 4.08. The van der Waals surface area contributed by atoms with Gasteiger partial charge in [-0.3, -0.25) is 24.2 Å². The molecule has 3 heterocycles. The normalized spacial score (nSPS) is 21.0. The van der Waals surface area contributed by atoms with Crippen LogP contribution in [0.4, 0.5) is 17.6 Å². The number of aromatic nitrogens is 1. The quantitative estimate of drug-likeness (QED) is 0.424. The van der Waals surface area contributed by atoms with Crippen molar-refractivity contribution in [2.24, 2.45) is 5.73 Å². The van der Waals surface area contributed by atoms with E-state index in [2.05, 4.69) is 9.72 Å². The Morgan fingerprint density at radius 2 is 2.00 bits per heavy atom. The van der Waals surface area contributed by atoms with Crippen LogP contribution >= 0.6 is 11.8 Å². The van der Waals surface area contributed by atoms with E-state index in [1.165, 1.54) is 0 Å². The van der Waals surface area contributed by atoms with Gasteiger partial charge >= 0.3 is 12.3 Å². The van der Waals surface area contributed by atoms with Crippen molar-refractivity contribution in [1.82, 2.24) is 10.3 Å². The summed E-state index contributed by atoms with van der Waals surface area (Å²) in [5.74, 6) is -6.53. The number of rotatable bonds is 8. The molecule has 1 atom stereocenters. The van der Waals surface area contributed by atoms with Crippen LogP contribution in [-0.2, 0) is 24.8 Å². The number of halogens is 4. The number of alkyl halides is 4. The summed E-state index contributed by atoms with van der Waals surface area (Å²) in [4.78, 5) is 51.3. The molecular formula is C17H15F4N3O6S. The molecule has 3 N–H and O–H groups in total. The molecule has 2 fully saturated rings. The van der Waals surface area contributed by atoms with Crippen molar-refractivity contribution in [2.45, 2.75) is 36.8 Å². The number of amides is 2. The van der Waals surface area contributed by atoms with E-state index < -0.39 is 82.2 Å². The molecule has 14 heteroatoms. The van der Waals surface area contributed by atoms with E-state index in [-0.39, 0.29) is 11.8 Å². The Balaban J connectivity index is 1.95. The Morgan fingerprint density at radius 1 is 1.39 bits per heavy atom. The fourth-order valence-electron chi connectivity index (χ4n) is 2.78. The monoisotopic (exact) mass is 465 g/mol. The number of nitrogens with one attached hydrogen (secondary N) is 1. The number of hydrogen-bond acceptors (Lipinski definition) is 8. The summed E-state index contributed by atoms with van der Waals surface area (Å²) < 4.78 is 64.2. The summed E-state index contributed by atoms with van der Waals surface area (Å²) in [5, 5.41) is 0.346. The maximum absolute atomic E-state index is 14.8. The standard InChI is InChI=1S/C17H15F4N3O6S/c1-15(20,12(18)19)30-9-2-8(23-4-7(9)16(21)5-29-6-16)11(26)24-17(3-10(22)25)13(27)31-14(17)28/h2,4,12H,3,5-6H2,1H3,(H2,22,25)(H,24,26)/t15-/m1/s1. The molecule has 1 aromatic rings. The zero-order chi connectivity index (χ0) is 23.2. The first-order valence-corrected chi connectivity index (χ1v) is 9.43. The number of carbonyl (C=O) groups is 4. The van der Waals surface area contributed by atoms with Crippen LogP contribution in [0.25, 0.3) is 0 Å². The molecule has 0 saturated carbocycles. The van der Waals surface area contributed by atoms with E-state index in [4.69, 9.17) is 10.5 Å². The Labute approximate surface area is 176 Å². The molecule has 0 unspecified atom stereocenters. The minimum absolute atomic E-state index is 0.258. The highest BCUT2D eigenvalue weighted by atomic mass is 32.2. The van der Waals surface area contributed by atoms with Crippen LogP contribution < -0.4 is 15.8 Å². The number of ether oxygens (including phenoxy) is 2. The van der Waals surface area contributed by atoms with Crippen molar-refractivity contribution in [3.8, 4) is 5.75 Å². The maximum Gasteiger partial charge on any atom is 0.306 e. The van der Waals surface area contributed by atoms with Gasteiger partial charge in [0.05, 0.1) is 25.2 Å². The van der Waals surface area contributed by atoms with Crippen LogP contribution in [-0.4, -0.2) is 58.1 Å². The summed E-state index contributed by atoms with van der Waals surface area (Å²) >= 11 is 0.258. The van der Waals surface area contributed by atoms with Crippen LogP contribution in [0.5, 0.6) is 5.75 Å². The van der Waals surface area contributed by atoms with E-state index in [0.717, 1.165) is 6.20 Å². The molecule has 0 spiro atoms. The summed E-state index contributed by atoms with van der Waals surface area (Å²) in [5.41, 5.74) is -0.438. The van der Waals surface area contributed by atoms with Gasteiger partial charge in [0.25, 0.3) is 5.91 Å². The molecule has 0 aromatic carbocycles. The highest BCUT2D eigenvalue weighted by Gasteiger charge is 2.58. The van der Waals surface area contributed by atoms with Crippen molar-refractivity contribution in [3.05, 3.63) is 23.5 Å². The van der Waals surface area contributed by atoms with E-state index in [9.17, 15) is 36.7 Å². The average Bonchev–Trinajstić information content (AvgIpc) is 2.65. The predicted octanol–water partition coefficient (Wildman–Crippen LogP) is 0.750. The zero-order valence-electron chi connectivity index (χ0n) is 15.7. The lowest BCUT2D eigenvalue weighted by Gasteiger charge is -2.37. The van der Waals surface area contributed by atoms with Gasteiger partial charge in [0.1, 0.15) is 11.4 Å². The second-order valence-electron chi connectivity index (χ2n) is 7.09. The first-order chi connectivity index (χ1) is 14.3. The van der Waals surface area contributed by atoms with Crippen LogP contribution in [0.2, 0.25) is 0 Å². The van der Waals surface area contributed by atoms with Crippen LogP contribution in [0, 0.1) is 0 Å². The topological polar surface area (TPSA) is 138 Å². The number of thioether (sulfide) groups is 1. The molecule has 0 radical (unpaired) electrons. The molecule has 31 heavy (non-hydrogen) atoms. The second kappa shape index (κ2) is 7.75. The summed E-state index contributed by atoms with van der Waals surface area (Å²) in [7, 11) is 0. The van der Waals surface area contributed by atoms with Gasteiger partial charge < -0.3 is 20.5 Å². The smallest absolute Gasteiger partial charge is 0.306 e. The van der Waals surface area contributed by atoms with Gasteiger partial charge in [-0.1, -0.05) is 0 Å². The Kier molecular flexibility index (Phi) is 5.73. The minimum atomic E-state index is -3.61.